The van der Waals surface area contributed by atoms with E-state index in [1.165, 1.54) is 22.0 Å². The van der Waals surface area contributed by atoms with Crippen LogP contribution in [0.2, 0.25) is 0 Å². The van der Waals surface area contributed by atoms with E-state index in [0.717, 1.165) is 52.1 Å². The maximum atomic E-state index is 13.9. The first kappa shape index (κ1) is 28.4. The molecular formula is C33H35N5O5. The molecule has 1 saturated heterocycles. The van der Waals surface area contributed by atoms with Gasteiger partial charge in [-0.25, -0.2) is 0 Å². The van der Waals surface area contributed by atoms with E-state index in [1.54, 1.807) is 55.6 Å². The lowest BCUT2D eigenvalue weighted by Crippen LogP contribution is -2.41. The summed E-state index contributed by atoms with van der Waals surface area (Å²) in [5.74, 6) is 1.41. The summed E-state index contributed by atoms with van der Waals surface area (Å²) < 4.78 is 18.2. The predicted molar refractivity (Wildman–Crippen MR) is 164 cm³/mol. The largest absolute Gasteiger partial charge is 0.497 e. The average molecular weight is 582 g/mol. The summed E-state index contributed by atoms with van der Waals surface area (Å²) in [7, 11) is 1.59. The van der Waals surface area contributed by atoms with Crippen molar-refractivity contribution in [2.75, 3.05) is 51.8 Å². The van der Waals surface area contributed by atoms with Crippen LogP contribution >= 0.6 is 0 Å². The second-order valence-corrected chi connectivity index (χ2v) is 10.6. The molecule has 4 aromatic rings. The van der Waals surface area contributed by atoms with Crippen molar-refractivity contribution < 1.29 is 19.0 Å². The van der Waals surface area contributed by atoms with E-state index in [1.807, 2.05) is 12.1 Å². The summed E-state index contributed by atoms with van der Waals surface area (Å²) in [5.41, 5.74) is 4.03. The number of aryl methyl sites for hydroxylation is 2. The molecule has 0 spiro atoms. The van der Waals surface area contributed by atoms with Gasteiger partial charge in [0.1, 0.15) is 11.5 Å². The van der Waals surface area contributed by atoms with Crippen LogP contribution in [0.25, 0.3) is 5.69 Å². The Bertz CT molecular complexity index is 1650. The van der Waals surface area contributed by atoms with E-state index in [2.05, 4.69) is 26.7 Å². The molecule has 1 fully saturated rings. The molecule has 222 valence electrons. The number of fused-ring (bicyclic) bond motifs is 1. The minimum absolute atomic E-state index is 0.183. The molecule has 0 unspecified atom stereocenters. The van der Waals surface area contributed by atoms with E-state index in [9.17, 15) is 9.59 Å². The Morgan fingerprint density at radius 2 is 1.77 bits per heavy atom. The van der Waals surface area contributed by atoms with Crippen LogP contribution in [0.15, 0.2) is 77.7 Å². The number of carbonyl (C=O) groups is 1. The highest BCUT2D eigenvalue weighted by atomic mass is 16.5. The van der Waals surface area contributed by atoms with Crippen molar-refractivity contribution in [1.29, 1.82) is 0 Å². The van der Waals surface area contributed by atoms with E-state index in [-0.39, 0.29) is 17.3 Å². The first-order valence-corrected chi connectivity index (χ1v) is 14.6. The third kappa shape index (κ3) is 6.71. The molecule has 0 bridgehead atoms. The molecule has 1 amide bonds. The second-order valence-electron chi connectivity index (χ2n) is 10.6. The number of benzene rings is 3. The average Bonchev–Trinajstić information content (AvgIpc) is 3.52. The lowest BCUT2D eigenvalue weighted by atomic mass is 10.1. The second kappa shape index (κ2) is 13.1. The van der Waals surface area contributed by atoms with Gasteiger partial charge in [-0.05, 0) is 85.0 Å². The highest BCUT2D eigenvalue weighted by molar-refractivity contribution is 5.95. The number of methoxy groups -OCH3 is 1. The smallest absolute Gasteiger partial charge is 0.299 e. The van der Waals surface area contributed by atoms with Gasteiger partial charge < -0.3 is 24.8 Å². The number of hydrogen-bond donors (Lipinski definition) is 2. The van der Waals surface area contributed by atoms with Crippen molar-refractivity contribution in [3.05, 3.63) is 100.0 Å². The molecule has 2 aliphatic rings. The normalized spacial score (nSPS) is 14.6. The van der Waals surface area contributed by atoms with Crippen molar-refractivity contribution in [3.63, 3.8) is 0 Å². The number of nitrogens with one attached hydrogen (secondary N) is 2. The maximum Gasteiger partial charge on any atom is 0.299 e. The maximum absolute atomic E-state index is 13.9. The lowest BCUT2D eigenvalue weighted by Gasteiger charge is -2.26. The number of ether oxygens (including phenoxy) is 3. The van der Waals surface area contributed by atoms with Gasteiger partial charge in [-0.3, -0.25) is 14.5 Å². The Hall–Kier alpha value is -4.67. The molecule has 43 heavy (non-hydrogen) atoms. The van der Waals surface area contributed by atoms with Gasteiger partial charge in [0, 0.05) is 37.4 Å². The van der Waals surface area contributed by atoms with Gasteiger partial charge in [0.2, 0.25) is 0 Å². The zero-order valence-corrected chi connectivity index (χ0v) is 24.2. The number of rotatable bonds is 10. The molecule has 10 nitrogen and oxygen atoms in total. The van der Waals surface area contributed by atoms with Gasteiger partial charge in [-0.2, -0.15) is 9.78 Å². The van der Waals surface area contributed by atoms with Crippen LogP contribution in [-0.4, -0.2) is 67.1 Å². The zero-order chi connectivity index (χ0) is 29.6. The van der Waals surface area contributed by atoms with E-state index >= 15 is 0 Å². The summed E-state index contributed by atoms with van der Waals surface area (Å²) in [5, 5.41) is 10.6. The van der Waals surface area contributed by atoms with E-state index in [4.69, 9.17) is 14.2 Å². The van der Waals surface area contributed by atoms with Crippen LogP contribution < -0.4 is 25.7 Å². The minimum Gasteiger partial charge on any atom is -0.497 e. The van der Waals surface area contributed by atoms with Crippen molar-refractivity contribution in [2.45, 2.75) is 19.3 Å². The molecule has 2 N–H and O–H groups in total. The molecule has 6 rings (SSSR count). The highest BCUT2D eigenvalue weighted by Crippen LogP contribution is 2.32. The summed E-state index contributed by atoms with van der Waals surface area (Å²) in [4.78, 5) is 29.1. The number of carbonyl (C=O) groups excluding carboxylic acids is 1. The lowest BCUT2D eigenvalue weighted by molar-refractivity contribution is 0.0383. The Morgan fingerprint density at radius 3 is 2.58 bits per heavy atom. The summed E-state index contributed by atoms with van der Waals surface area (Å²) in [6, 6.07) is 20.2. The first-order chi connectivity index (χ1) is 21.1. The zero-order valence-electron chi connectivity index (χ0n) is 24.2. The molecule has 0 atom stereocenters. The van der Waals surface area contributed by atoms with Gasteiger partial charge >= 0.3 is 0 Å². The first-order valence-electron chi connectivity index (χ1n) is 14.6. The van der Waals surface area contributed by atoms with Gasteiger partial charge in [0.25, 0.3) is 11.5 Å². The van der Waals surface area contributed by atoms with Crippen molar-refractivity contribution in [2.24, 2.45) is 0 Å². The number of amides is 1. The van der Waals surface area contributed by atoms with Gasteiger partial charge in [-0.15, -0.1) is 0 Å². The molecule has 2 heterocycles. The van der Waals surface area contributed by atoms with Crippen LogP contribution in [0.5, 0.6) is 17.2 Å². The van der Waals surface area contributed by atoms with Gasteiger partial charge in [0.15, 0.2) is 11.4 Å². The van der Waals surface area contributed by atoms with Crippen LogP contribution in [0.1, 0.15) is 27.9 Å². The number of morpholine rings is 1. The van der Waals surface area contributed by atoms with Crippen LogP contribution in [0.4, 0.5) is 11.4 Å². The van der Waals surface area contributed by atoms with Crippen molar-refractivity contribution >= 4 is 17.3 Å². The molecule has 10 heteroatoms. The highest BCUT2D eigenvalue weighted by Gasteiger charge is 2.18. The van der Waals surface area contributed by atoms with Crippen LogP contribution in [0, 0.1) is 0 Å². The fraction of sp³-hybridized carbons (Fsp3) is 0.303. The fourth-order valence-corrected chi connectivity index (χ4v) is 5.41. The number of aromatic nitrogens is 2. The third-order valence-electron chi connectivity index (χ3n) is 7.77. The monoisotopic (exact) mass is 581 g/mol. The molecule has 1 aromatic heterocycles. The minimum atomic E-state index is -0.399. The standard InChI is InChI=1S/C33H35N5O5/c1-41-28-12-9-27(10-13-28)38-33(40)31(30(22-35-38)43-29-11-8-23-4-2-5-24(23)21-29)36-26-7-3-6-25(20-26)32(39)34-14-15-37-16-18-42-19-17-37/h3,6-13,20-22,36H,2,4-5,14-19H2,1H3,(H,34,39). The summed E-state index contributed by atoms with van der Waals surface area (Å²) >= 11 is 0. The number of anilines is 2. The van der Waals surface area contributed by atoms with Gasteiger partial charge in [-0.1, -0.05) is 12.1 Å². The van der Waals surface area contributed by atoms with Gasteiger partial charge in [0.05, 0.1) is 32.2 Å². The molecule has 1 aliphatic carbocycles. The SMILES string of the molecule is COc1ccc(-n2ncc(Oc3ccc4c(c3)CCC4)c(Nc3cccc(C(=O)NCCN4CCOCC4)c3)c2=O)cc1. The topological polar surface area (TPSA) is 107 Å². The molecule has 0 radical (unpaired) electrons. The summed E-state index contributed by atoms with van der Waals surface area (Å²) in [6.45, 7) is 4.46. The third-order valence-corrected chi connectivity index (χ3v) is 7.77. The van der Waals surface area contributed by atoms with Crippen LogP contribution in [0.3, 0.4) is 0 Å². The Balaban J connectivity index is 1.26. The molecule has 1 aliphatic heterocycles. The number of hydrogen-bond acceptors (Lipinski definition) is 8. The quantitative estimate of drug-likeness (QED) is 0.285. The Kier molecular flexibility index (Phi) is 8.67. The van der Waals surface area contributed by atoms with Crippen molar-refractivity contribution in [1.82, 2.24) is 20.0 Å². The van der Waals surface area contributed by atoms with E-state index in [0.29, 0.717) is 35.0 Å². The Labute approximate surface area is 250 Å². The van der Waals surface area contributed by atoms with E-state index < -0.39 is 5.56 Å². The van der Waals surface area contributed by atoms with Crippen LogP contribution in [-0.2, 0) is 17.6 Å². The van der Waals surface area contributed by atoms with Crippen molar-refractivity contribution in [3.8, 4) is 22.9 Å². The number of nitrogens with zero attached hydrogens (tertiary/aromatic N) is 3. The molecular weight excluding hydrogens is 546 g/mol. The molecule has 0 saturated carbocycles. The fourth-order valence-electron chi connectivity index (χ4n) is 5.41. The Morgan fingerprint density at radius 1 is 0.977 bits per heavy atom. The predicted octanol–water partition coefficient (Wildman–Crippen LogP) is 4.33. The molecule has 3 aromatic carbocycles. The summed E-state index contributed by atoms with van der Waals surface area (Å²) in [6.07, 6.45) is 4.74.